The van der Waals surface area contributed by atoms with Crippen LogP contribution in [0.1, 0.15) is 22.3 Å². The summed E-state index contributed by atoms with van der Waals surface area (Å²) in [5, 5.41) is 9.98. The van der Waals surface area contributed by atoms with Crippen molar-refractivity contribution in [2.24, 2.45) is 0 Å². The molecule has 0 aliphatic heterocycles. The van der Waals surface area contributed by atoms with E-state index in [0.29, 0.717) is 6.61 Å². The highest BCUT2D eigenvalue weighted by atomic mass is 32.2. The molecule has 0 amide bonds. The molecule has 0 heterocycles. The highest BCUT2D eigenvalue weighted by Crippen LogP contribution is 2.17. The Morgan fingerprint density at radius 2 is 1.62 bits per heavy atom. The van der Waals surface area contributed by atoms with Gasteiger partial charge >= 0.3 is 0 Å². The third kappa shape index (κ3) is 5.74. The van der Waals surface area contributed by atoms with Crippen LogP contribution in [0.5, 0.6) is 0 Å². The van der Waals surface area contributed by atoms with Gasteiger partial charge in [0.05, 0.1) is 30.8 Å². The lowest BCUT2D eigenvalue weighted by atomic mass is 10.1. The van der Waals surface area contributed by atoms with Gasteiger partial charge in [0.25, 0.3) is 0 Å². The first kappa shape index (κ1) is 18.6. The lowest BCUT2D eigenvalue weighted by molar-refractivity contribution is 0.0390. The first-order chi connectivity index (χ1) is 11.4. The molecule has 0 bridgehead atoms. The zero-order chi connectivity index (χ0) is 17.6. The molecule has 0 radical (unpaired) electrons. The molecule has 0 aliphatic carbocycles. The van der Waals surface area contributed by atoms with Crippen LogP contribution >= 0.6 is 0 Å². The first-order valence-electron chi connectivity index (χ1n) is 7.92. The van der Waals surface area contributed by atoms with Crippen LogP contribution in [-0.4, -0.2) is 32.0 Å². The zero-order valence-electron chi connectivity index (χ0n) is 14.1. The van der Waals surface area contributed by atoms with Crippen LogP contribution in [-0.2, 0) is 26.9 Å². The lowest BCUT2D eigenvalue weighted by Crippen LogP contribution is -2.26. The van der Waals surface area contributed by atoms with Gasteiger partial charge < -0.3 is 9.84 Å². The molecule has 2 aromatic carbocycles. The smallest absolute Gasteiger partial charge is 0.157 e. The SMILES string of the molecule is Cc1cccc(C)c1CS(=O)(=O)CC(O)COCc1ccccc1. The fraction of sp³-hybridized carbons (Fsp3) is 0.368. The van der Waals surface area contributed by atoms with Crippen molar-refractivity contribution in [3.05, 3.63) is 70.8 Å². The predicted octanol–water partition coefficient (Wildman–Crippen LogP) is 2.80. The van der Waals surface area contributed by atoms with E-state index in [1.165, 1.54) is 0 Å². The molecule has 2 aromatic rings. The number of aliphatic hydroxyl groups excluding tert-OH is 1. The molecule has 1 unspecified atom stereocenters. The van der Waals surface area contributed by atoms with Gasteiger partial charge in [0, 0.05) is 0 Å². The minimum absolute atomic E-state index is 0.000871. The lowest BCUT2D eigenvalue weighted by Gasteiger charge is -2.14. The third-order valence-electron chi connectivity index (χ3n) is 3.88. The standard InChI is InChI=1S/C19H24O4S/c1-15-7-6-8-16(2)19(15)14-24(21,22)13-18(20)12-23-11-17-9-4-3-5-10-17/h3-10,18,20H,11-14H2,1-2H3. The van der Waals surface area contributed by atoms with Gasteiger partial charge in [-0.15, -0.1) is 0 Å². The van der Waals surface area contributed by atoms with E-state index in [-0.39, 0.29) is 18.1 Å². The molecule has 0 spiro atoms. The number of aliphatic hydroxyl groups is 1. The maximum Gasteiger partial charge on any atom is 0.157 e. The van der Waals surface area contributed by atoms with E-state index in [1.807, 2.05) is 62.4 Å². The van der Waals surface area contributed by atoms with Crippen LogP contribution < -0.4 is 0 Å². The topological polar surface area (TPSA) is 63.6 Å². The summed E-state index contributed by atoms with van der Waals surface area (Å²) in [6.07, 6.45) is -1.02. The second kappa shape index (κ2) is 8.42. The van der Waals surface area contributed by atoms with Crippen LogP contribution in [0.25, 0.3) is 0 Å². The van der Waals surface area contributed by atoms with Crippen molar-refractivity contribution >= 4 is 9.84 Å². The number of hydrogen-bond donors (Lipinski definition) is 1. The van der Waals surface area contributed by atoms with E-state index < -0.39 is 15.9 Å². The molecule has 1 N–H and O–H groups in total. The number of aryl methyl sites for hydroxylation is 2. The molecular formula is C19H24O4S. The number of ether oxygens (including phenoxy) is 1. The fourth-order valence-corrected chi connectivity index (χ4v) is 4.28. The highest BCUT2D eigenvalue weighted by Gasteiger charge is 2.20. The van der Waals surface area contributed by atoms with Gasteiger partial charge in [0.2, 0.25) is 0 Å². The van der Waals surface area contributed by atoms with Gasteiger partial charge in [-0.3, -0.25) is 0 Å². The van der Waals surface area contributed by atoms with Gasteiger partial charge in [-0.2, -0.15) is 0 Å². The van der Waals surface area contributed by atoms with Crippen molar-refractivity contribution in [2.75, 3.05) is 12.4 Å². The molecule has 24 heavy (non-hydrogen) atoms. The molecule has 2 rings (SSSR count). The van der Waals surface area contributed by atoms with Crippen molar-refractivity contribution in [3.63, 3.8) is 0 Å². The Morgan fingerprint density at radius 1 is 1.00 bits per heavy atom. The molecule has 1 atom stereocenters. The summed E-state index contributed by atoms with van der Waals surface area (Å²) >= 11 is 0. The highest BCUT2D eigenvalue weighted by molar-refractivity contribution is 7.90. The van der Waals surface area contributed by atoms with Crippen LogP contribution in [0, 0.1) is 13.8 Å². The molecule has 0 aromatic heterocycles. The maximum absolute atomic E-state index is 12.3. The van der Waals surface area contributed by atoms with E-state index in [2.05, 4.69) is 0 Å². The Hall–Kier alpha value is -1.69. The van der Waals surface area contributed by atoms with E-state index in [0.717, 1.165) is 22.3 Å². The molecule has 0 fully saturated rings. The Kier molecular flexibility index (Phi) is 6.54. The van der Waals surface area contributed by atoms with Crippen molar-refractivity contribution < 1.29 is 18.3 Å². The molecule has 0 saturated carbocycles. The summed E-state index contributed by atoms with van der Waals surface area (Å²) in [4.78, 5) is 0. The minimum Gasteiger partial charge on any atom is -0.390 e. The van der Waals surface area contributed by atoms with Crippen molar-refractivity contribution in [1.29, 1.82) is 0 Å². The predicted molar refractivity (Wildman–Crippen MR) is 95.5 cm³/mol. The molecular weight excluding hydrogens is 324 g/mol. The van der Waals surface area contributed by atoms with Crippen LogP contribution in [0.4, 0.5) is 0 Å². The summed E-state index contributed by atoms with van der Waals surface area (Å²) in [7, 11) is -3.40. The second-order valence-electron chi connectivity index (χ2n) is 6.08. The number of benzene rings is 2. The van der Waals surface area contributed by atoms with E-state index in [1.54, 1.807) is 0 Å². The second-order valence-corrected chi connectivity index (χ2v) is 8.19. The molecule has 130 valence electrons. The van der Waals surface area contributed by atoms with Gasteiger partial charge in [0.1, 0.15) is 0 Å². The number of sulfone groups is 1. The van der Waals surface area contributed by atoms with Crippen LogP contribution in [0.15, 0.2) is 48.5 Å². The fourth-order valence-electron chi connectivity index (χ4n) is 2.58. The average Bonchev–Trinajstić information content (AvgIpc) is 2.52. The summed E-state index contributed by atoms with van der Waals surface area (Å²) in [5.74, 6) is -0.350. The molecule has 0 saturated heterocycles. The third-order valence-corrected chi connectivity index (χ3v) is 5.50. The van der Waals surface area contributed by atoms with Gasteiger partial charge in [-0.25, -0.2) is 8.42 Å². The van der Waals surface area contributed by atoms with Crippen LogP contribution in [0.3, 0.4) is 0 Å². The van der Waals surface area contributed by atoms with E-state index in [9.17, 15) is 13.5 Å². The minimum atomic E-state index is -3.40. The first-order valence-corrected chi connectivity index (χ1v) is 9.75. The maximum atomic E-state index is 12.3. The number of rotatable bonds is 8. The summed E-state index contributed by atoms with van der Waals surface area (Å²) < 4.78 is 30.1. The van der Waals surface area contributed by atoms with Gasteiger partial charge in [0.15, 0.2) is 9.84 Å². The monoisotopic (exact) mass is 348 g/mol. The normalized spacial score (nSPS) is 13.0. The molecule has 0 aliphatic rings. The summed E-state index contributed by atoms with van der Waals surface area (Å²) in [6.45, 7) is 4.16. The van der Waals surface area contributed by atoms with Gasteiger partial charge in [-0.05, 0) is 36.1 Å². The Balaban J connectivity index is 1.87. The van der Waals surface area contributed by atoms with E-state index >= 15 is 0 Å². The Labute approximate surface area is 144 Å². The number of hydrogen-bond acceptors (Lipinski definition) is 4. The largest absolute Gasteiger partial charge is 0.390 e. The summed E-state index contributed by atoms with van der Waals surface area (Å²) in [5.41, 5.74) is 3.71. The van der Waals surface area contributed by atoms with Crippen molar-refractivity contribution in [1.82, 2.24) is 0 Å². The summed E-state index contributed by atoms with van der Waals surface area (Å²) in [6, 6.07) is 15.3. The quantitative estimate of drug-likeness (QED) is 0.797. The zero-order valence-corrected chi connectivity index (χ0v) is 14.9. The van der Waals surface area contributed by atoms with Crippen molar-refractivity contribution in [2.45, 2.75) is 32.3 Å². The van der Waals surface area contributed by atoms with Gasteiger partial charge in [-0.1, -0.05) is 48.5 Å². The molecule has 4 nitrogen and oxygen atoms in total. The van der Waals surface area contributed by atoms with Crippen molar-refractivity contribution in [3.8, 4) is 0 Å². The Morgan fingerprint density at radius 3 is 2.25 bits per heavy atom. The van der Waals surface area contributed by atoms with E-state index in [4.69, 9.17) is 4.74 Å². The average molecular weight is 348 g/mol. The Bertz CT molecular complexity index is 734. The van der Waals surface area contributed by atoms with Crippen LogP contribution in [0.2, 0.25) is 0 Å². The molecule has 5 heteroatoms.